The smallest absolute Gasteiger partial charge is 0.375 e. The fourth-order valence-corrected chi connectivity index (χ4v) is 7.16. The van der Waals surface area contributed by atoms with E-state index in [4.69, 9.17) is 10.6 Å². The van der Waals surface area contributed by atoms with Gasteiger partial charge in [-0.25, -0.2) is 24.4 Å². The first-order chi connectivity index (χ1) is 20.0. The summed E-state index contributed by atoms with van der Waals surface area (Å²) >= 11 is 3.13. The molecule has 2 aliphatic heterocycles. The third-order valence-corrected chi connectivity index (χ3v) is 9.00. The number of nitrogens with two attached hydrogens (primary N) is 1. The van der Waals surface area contributed by atoms with Gasteiger partial charge in [0.1, 0.15) is 40.5 Å². The highest BCUT2D eigenvalue weighted by Gasteiger charge is 2.54. The number of carbonyl (C=O) groups excluding carboxylic acids is 2. The van der Waals surface area contributed by atoms with Gasteiger partial charge in [-0.15, -0.1) is 40.0 Å². The van der Waals surface area contributed by atoms with Crippen LogP contribution < -0.4 is 11.1 Å². The second-order valence-electron chi connectivity index (χ2n) is 8.33. The molecule has 0 spiro atoms. The predicted molar refractivity (Wildman–Crippen MR) is 145 cm³/mol. The van der Waals surface area contributed by atoms with E-state index in [1.807, 2.05) is 0 Å². The monoisotopic (exact) mass is 635 g/mol. The standard InChI is InChI=1S/C21H17N9O9S3/c1-39-28-9(8-5-42-20(22)24-8)13(31)25-10-14(32)29-11(18(35)36)6(4-41-16(10)29)3-40-15-7(17(33)34)2-23-21-26-12(19(37)38)27-30(15)21/h2,5,10,16H,3-4H2,1H3,(H2,22,24)(H,25,31)(H,33,34)(H,35,36)(H,37,38). The Kier molecular flexibility index (Phi) is 7.71. The quantitative estimate of drug-likeness (QED) is 0.0614. The number of nitrogens with zero attached hydrogens (tertiary/aromatic N) is 7. The van der Waals surface area contributed by atoms with E-state index >= 15 is 0 Å². The van der Waals surface area contributed by atoms with E-state index in [-0.39, 0.29) is 55.7 Å². The molecule has 3 aromatic heterocycles. The normalized spacial score (nSPS) is 18.5. The summed E-state index contributed by atoms with van der Waals surface area (Å²) in [6.45, 7) is 0. The molecule has 5 rings (SSSR count). The summed E-state index contributed by atoms with van der Waals surface area (Å²) in [6.07, 6.45) is 0.992. The maximum Gasteiger partial charge on any atom is 0.375 e. The largest absolute Gasteiger partial charge is 0.478 e. The maximum atomic E-state index is 13.1. The lowest BCUT2D eigenvalue weighted by Crippen LogP contribution is -2.71. The molecule has 21 heteroatoms. The third-order valence-electron chi connectivity index (χ3n) is 5.83. The van der Waals surface area contributed by atoms with Crippen LogP contribution in [-0.2, 0) is 19.2 Å². The summed E-state index contributed by atoms with van der Waals surface area (Å²) in [5, 5.41) is 39.7. The number of rotatable bonds is 10. The first kappa shape index (κ1) is 28.8. The number of β-lactam (4-membered cyclic amide) rings is 1. The van der Waals surface area contributed by atoms with Gasteiger partial charge in [-0.05, 0) is 5.57 Å². The van der Waals surface area contributed by atoms with Crippen molar-refractivity contribution in [2.24, 2.45) is 5.16 Å². The molecule has 1 fully saturated rings. The Morgan fingerprint density at radius 2 is 1.98 bits per heavy atom. The molecule has 0 bridgehead atoms. The molecule has 2 atom stereocenters. The van der Waals surface area contributed by atoms with Crippen LogP contribution in [0.2, 0.25) is 0 Å². The number of aromatic nitrogens is 5. The number of carboxylic acids is 3. The number of amides is 2. The van der Waals surface area contributed by atoms with Gasteiger partial charge in [0.15, 0.2) is 10.8 Å². The number of nitrogen functional groups attached to an aromatic ring is 1. The molecule has 2 unspecified atom stereocenters. The van der Waals surface area contributed by atoms with Crippen molar-refractivity contribution in [2.45, 2.75) is 16.4 Å². The first-order valence-corrected chi connectivity index (χ1v) is 14.3. The minimum atomic E-state index is -1.45. The number of oxime groups is 1. The summed E-state index contributed by atoms with van der Waals surface area (Å²) in [5.74, 6) is -6.45. The Bertz CT molecular complexity index is 1730. The number of nitrogens with one attached hydrogen (secondary N) is 1. The van der Waals surface area contributed by atoms with Crippen LogP contribution in [0.15, 0.2) is 33.0 Å². The molecule has 5 heterocycles. The molecule has 6 N–H and O–H groups in total. The number of aromatic carboxylic acids is 2. The highest BCUT2D eigenvalue weighted by atomic mass is 32.2. The van der Waals surface area contributed by atoms with Gasteiger partial charge in [0.2, 0.25) is 0 Å². The van der Waals surface area contributed by atoms with Crippen LogP contribution >= 0.6 is 34.9 Å². The van der Waals surface area contributed by atoms with Gasteiger partial charge in [0.05, 0.1) is 0 Å². The van der Waals surface area contributed by atoms with Crippen LogP contribution in [0.1, 0.15) is 26.7 Å². The van der Waals surface area contributed by atoms with Gasteiger partial charge in [-0.2, -0.15) is 9.50 Å². The number of hydrogen-bond donors (Lipinski definition) is 5. The zero-order valence-electron chi connectivity index (χ0n) is 20.9. The number of thiazole rings is 1. The molecular formula is C21H17N9O9S3. The van der Waals surface area contributed by atoms with Crippen LogP contribution in [0.5, 0.6) is 0 Å². The molecule has 1 saturated heterocycles. The SMILES string of the molecule is CON=C(C(=O)NC1C(=O)N2C(C(=O)O)=C(CSc3c(C(=O)O)cnc4nc(C(=O)O)nn34)CSC12)c1csc(N)n1. The van der Waals surface area contributed by atoms with Crippen molar-refractivity contribution in [3.8, 4) is 0 Å². The molecule has 0 aromatic carbocycles. The molecule has 0 aliphatic carbocycles. The van der Waals surface area contributed by atoms with Gasteiger partial charge in [-0.3, -0.25) is 14.5 Å². The van der Waals surface area contributed by atoms with Crippen molar-refractivity contribution in [2.75, 3.05) is 24.3 Å². The Hall–Kier alpha value is -4.76. The Labute approximate surface area is 245 Å². The molecule has 2 aliphatic rings. The van der Waals surface area contributed by atoms with Gasteiger partial charge in [0.25, 0.3) is 23.4 Å². The topological polar surface area (TPSA) is 265 Å². The minimum absolute atomic E-state index is 0.0374. The van der Waals surface area contributed by atoms with E-state index < -0.39 is 47.0 Å². The summed E-state index contributed by atoms with van der Waals surface area (Å²) in [5.41, 5.74) is 5.20. The van der Waals surface area contributed by atoms with Crippen LogP contribution in [0.4, 0.5) is 5.13 Å². The van der Waals surface area contributed by atoms with Crippen molar-refractivity contribution in [3.63, 3.8) is 0 Å². The molecule has 42 heavy (non-hydrogen) atoms. The van der Waals surface area contributed by atoms with E-state index in [0.29, 0.717) is 0 Å². The second-order valence-corrected chi connectivity index (χ2v) is 11.3. The van der Waals surface area contributed by atoms with Crippen molar-refractivity contribution in [1.29, 1.82) is 0 Å². The predicted octanol–water partition coefficient (Wildman–Crippen LogP) is -0.559. The van der Waals surface area contributed by atoms with E-state index in [0.717, 1.165) is 38.7 Å². The number of anilines is 1. The van der Waals surface area contributed by atoms with Gasteiger partial charge < -0.3 is 31.2 Å². The lowest BCUT2D eigenvalue weighted by molar-refractivity contribution is -0.150. The molecule has 3 aromatic rings. The van der Waals surface area contributed by atoms with Crippen LogP contribution in [-0.4, -0.2) is 110 Å². The third kappa shape index (κ3) is 5.07. The Balaban J connectivity index is 1.38. The first-order valence-electron chi connectivity index (χ1n) is 11.4. The average Bonchev–Trinajstić information content (AvgIpc) is 3.58. The maximum absolute atomic E-state index is 13.1. The number of thioether (sulfide) groups is 2. The Morgan fingerprint density at radius 1 is 1.21 bits per heavy atom. The van der Waals surface area contributed by atoms with Crippen molar-refractivity contribution in [1.82, 2.24) is 34.8 Å². The fourth-order valence-electron chi connectivity index (χ4n) is 4.04. The Morgan fingerprint density at radius 3 is 2.60 bits per heavy atom. The number of fused-ring (bicyclic) bond motifs is 2. The van der Waals surface area contributed by atoms with Crippen molar-refractivity contribution in [3.05, 3.63) is 39.9 Å². The molecule has 18 nitrogen and oxygen atoms in total. The van der Waals surface area contributed by atoms with Crippen molar-refractivity contribution < 1.29 is 44.1 Å². The fraction of sp³-hybridized carbons (Fsp3) is 0.238. The molecule has 2 amide bonds. The number of carbonyl (C=O) groups is 5. The van der Waals surface area contributed by atoms with Crippen LogP contribution in [0.25, 0.3) is 5.78 Å². The summed E-state index contributed by atoms with van der Waals surface area (Å²) < 4.78 is 0.951. The van der Waals surface area contributed by atoms with Crippen LogP contribution in [0, 0.1) is 0 Å². The summed E-state index contributed by atoms with van der Waals surface area (Å²) in [7, 11) is 1.23. The van der Waals surface area contributed by atoms with E-state index in [1.54, 1.807) is 0 Å². The lowest BCUT2D eigenvalue weighted by atomic mass is 10.0. The number of carboxylic acid groups (broad SMARTS) is 3. The highest BCUT2D eigenvalue weighted by Crippen LogP contribution is 2.42. The van der Waals surface area contributed by atoms with E-state index in [2.05, 4.69) is 30.5 Å². The van der Waals surface area contributed by atoms with E-state index in [9.17, 15) is 39.3 Å². The average molecular weight is 636 g/mol. The van der Waals surface area contributed by atoms with Crippen molar-refractivity contribution >= 4 is 81.2 Å². The lowest BCUT2D eigenvalue weighted by Gasteiger charge is -2.49. The zero-order chi connectivity index (χ0) is 30.3. The van der Waals surface area contributed by atoms with Crippen LogP contribution in [0.3, 0.4) is 0 Å². The molecule has 0 radical (unpaired) electrons. The highest BCUT2D eigenvalue weighted by molar-refractivity contribution is 8.01. The second kappa shape index (κ2) is 11.3. The number of hydrogen-bond acceptors (Lipinski definition) is 15. The van der Waals surface area contributed by atoms with Gasteiger partial charge >= 0.3 is 17.9 Å². The van der Waals surface area contributed by atoms with Gasteiger partial charge in [0, 0.05) is 23.1 Å². The van der Waals surface area contributed by atoms with E-state index in [1.165, 1.54) is 24.3 Å². The molecule has 0 saturated carbocycles. The summed E-state index contributed by atoms with van der Waals surface area (Å²) in [6, 6.07) is -1.08. The zero-order valence-corrected chi connectivity index (χ0v) is 23.4. The number of aliphatic carboxylic acids is 1. The minimum Gasteiger partial charge on any atom is -0.478 e. The molecule has 218 valence electrons. The molecular weight excluding hydrogens is 618 g/mol. The van der Waals surface area contributed by atoms with Gasteiger partial charge in [-0.1, -0.05) is 5.16 Å². The summed E-state index contributed by atoms with van der Waals surface area (Å²) in [4.78, 5) is 78.8.